The summed E-state index contributed by atoms with van der Waals surface area (Å²) in [4.78, 5) is 23.2. The van der Waals surface area contributed by atoms with E-state index in [0.29, 0.717) is 12.8 Å². The number of nitro groups is 1. The van der Waals surface area contributed by atoms with Gasteiger partial charge in [-0.2, -0.15) is 0 Å². The fraction of sp³-hybridized carbons (Fsp3) is 0.462. The summed E-state index contributed by atoms with van der Waals surface area (Å²) in [5.74, 6) is 0.226. The number of anilines is 1. The third-order valence-electron chi connectivity index (χ3n) is 3.48. The fourth-order valence-electron chi connectivity index (χ4n) is 2.45. The van der Waals surface area contributed by atoms with Gasteiger partial charge in [0.2, 0.25) is 0 Å². The number of piperidine rings is 1. The van der Waals surface area contributed by atoms with Gasteiger partial charge in [0.1, 0.15) is 0 Å². The van der Waals surface area contributed by atoms with Crippen LogP contribution >= 0.6 is 0 Å². The van der Waals surface area contributed by atoms with Gasteiger partial charge in [-0.05, 0) is 30.9 Å². The van der Waals surface area contributed by atoms with Crippen LogP contribution in [0.5, 0.6) is 0 Å². The van der Waals surface area contributed by atoms with E-state index >= 15 is 0 Å². The number of benzene rings is 1. The van der Waals surface area contributed by atoms with E-state index in [1.807, 2.05) is 0 Å². The largest absolute Gasteiger partial charge is 0.396 e. The van der Waals surface area contributed by atoms with Crippen molar-refractivity contribution >= 4 is 17.7 Å². The molecule has 2 rings (SSSR count). The molecule has 0 aromatic heterocycles. The minimum absolute atomic E-state index is 0.0913. The van der Waals surface area contributed by atoms with E-state index in [4.69, 9.17) is 0 Å². The number of carbonyl (C=O) groups is 1. The van der Waals surface area contributed by atoms with Crippen LogP contribution < -0.4 is 4.90 Å². The highest BCUT2D eigenvalue weighted by molar-refractivity contribution is 5.83. The number of rotatable bonds is 4. The molecule has 0 radical (unpaired) electrons. The average Bonchev–Trinajstić information content (AvgIpc) is 2.46. The van der Waals surface area contributed by atoms with Crippen LogP contribution in [0.25, 0.3) is 0 Å². The Labute approximate surface area is 110 Å². The summed E-state index contributed by atoms with van der Waals surface area (Å²) < 4.78 is 0. The highest BCUT2D eigenvalue weighted by atomic mass is 16.6. The van der Waals surface area contributed by atoms with Crippen molar-refractivity contribution in [2.24, 2.45) is 5.92 Å². The molecule has 6 heteroatoms. The minimum atomic E-state index is -0.555. The number of aliphatic hydroxyl groups is 1. The first-order valence-electron chi connectivity index (χ1n) is 6.25. The highest BCUT2D eigenvalue weighted by Crippen LogP contribution is 2.27. The third-order valence-corrected chi connectivity index (χ3v) is 3.48. The molecule has 1 saturated heterocycles. The Hall–Kier alpha value is -1.95. The zero-order valence-electron chi connectivity index (χ0n) is 10.5. The van der Waals surface area contributed by atoms with Crippen molar-refractivity contribution < 1.29 is 14.8 Å². The van der Waals surface area contributed by atoms with Crippen molar-refractivity contribution in [1.29, 1.82) is 0 Å². The first-order chi connectivity index (χ1) is 9.15. The molecule has 1 aliphatic heterocycles. The molecule has 6 nitrogen and oxygen atoms in total. The molecule has 1 aliphatic rings. The number of carbonyl (C=O) groups excluding carboxylic acids is 1. The molecule has 1 unspecified atom stereocenters. The lowest BCUT2D eigenvalue weighted by Crippen LogP contribution is -2.36. The molecule has 102 valence electrons. The predicted octanol–water partition coefficient (Wildman–Crippen LogP) is 1.62. The first kappa shape index (κ1) is 13.5. The smallest absolute Gasteiger partial charge is 0.280 e. The van der Waals surface area contributed by atoms with Crippen LogP contribution in [0.3, 0.4) is 0 Å². The predicted molar refractivity (Wildman–Crippen MR) is 70.5 cm³/mol. The zero-order chi connectivity index (χ0) is 13.8. The van der Waals surface area contributed by atoms with Crippen molar-refractivity contribution in [3.8, 4) is 0 Å². The van der Waals surface area contributed by atoms with E-state index in [9.17, 15) is 20.0 Å². The highest BCUT2D eigenvalue weighted by Gasteiger charge is 2.21. The Balaban J connectivity index is 2.25. The van der Waals surface area contributed by atoms with Gasteiger partial charge >= 0.3 is 0 Å². The average molecular weight is 264 g/mol. The lowest BCUT2D eigenvalue weighted by Gasteiger charge is -2.33. The topological polar surface area (TPSA) is 83.7 Å². The van der Waals surface area contributed by atoms with Crippen molar-refractivity contribution in [2.45, 2.75) is 12.8 Å². The van der Waals surface area contributed by atoms with E-state index in [0.717, 1.165) is 25.1 Å². The van der Waals surface area contributed by atoms with Crippen LogP contribution in [0.4, 0.5) is 11.4 Å². The maximum Gasteiger partial charge on any atom is 0.280 e. The molecule has 0 bridgehead atoms. The molecule has 1 atom stereocenters. The molecule has 1 heterocycles. The van der Waals surface area contributed by atoms with E-state index in [1.54, 1.807) is 12.1 Å². The van der Waals surface area contributed by atoms with Gasteiger partial charge in [0, 0.05) is 31.5 Å². The number of hydrogen-bond acceptors (Lipinski definition) is 5. The van der Waals surface area contributed by atoms with Gasteiger partial charge in [-0.3, -0.25) is 14.9 Å². The lowest BCUT2D eigenvalue weighted by atomic mass is 9.98. The van der Waals surface area contributed by atoms with Gasteiger partial charge in [-0.1, -0.05) is 0 Å². The van der Waals surface area contributed by atoms with Crippen LogP contribution in [0.1, 0.15) is 23.2 Å². The lowest BCUT2D eigenvalue weighted by molar-refractivity contribution is -0.385. The van der Waals surface area contributed by atoms with Crippen LogP contribution in [0, 0.1) is 16.0 Å². The van der Waals surface area contributed by atoms with Crippen LogP contribution in [0.15, 0.2) is 18.2 Å². The van der Waals surface area contributed by atoms with Gasteiger partial charge in [-0.15, -0.1) is 0 Å². The van der Waals surface area contributed by atoms with Gasteiger partial charge in [-0.25, -0.2) is 0 Å². The normalized spacial score (nSPS) is 19.2. The molecule has 1 fully saturated rings. The monoisotopic (exact) mass is 264 g/mol. The second kappa shape index (κ2) is 5.79. The number of aldehydes is 1. The summed E-state index contributed by atoms with van der Waals surface area (Å²) in [6.07, 6.45) is 2.47. The number of nitrogens with zero attached hydrogens (tertiary/aromatic N) is 2. The fourth-order valence-corrected chi connectivity index (χ4v) is 2.45. The van der Waals surface area contributed by atoms with Crippen LogP contribution in [-0.2, 0) is 0 Å². The molecule has 0 saturated carbocycles. The third kappa shape index (κ3) is 2.90. The summed E-state index contributed by atoms with van der Waals surface area (Å²) in [5.41, 5.74) is 0.717. The Bertz CT molecular complexity index is 490. The maximum absolute atomic E-state index is 10.9. The molecule has 0 aliphatic carbocycles. The molecule has 19 heavy (non-hydrogen) atoms. The molecule has 1 N–H and O–H groups in total. The molecular formula is C13H16N2O4. The summed E-state index contributed by atoms with van der Waals surface area (Å²) in [5, 5.41) is 20.0. The Morgan fingerprint density at radius 3 is 2.95 bits per heavy atom. The zero-order valence-corrected chi connectivity index (χ0v) is 10.5. The molecule has 1 aromatic carbocycles. The molecule has 0 amide bonds. The maximum atomic E-state index is 10.9. The summed E-state index contributed by atoms with van der Waals surface area (Å²) in [7, 11) is 0. The van der Waals surface area contributed by atoms with Gasteiger partial charge < -0.3 is 10.0 Å². The Kier molecular flexibility index (Phi) is 4.11. The van der Waals surface area contributed by atoms with Gasteiger partial charge in [0.25, 0.3) is 5.69 Å². The Morgan fingerprint density at radius 2 is 2.32 bits per heavy atom. The summed E-state index contributed by atoms with van der Waals surface area (Å²) >= 11 is 0. The number of aliphatic hydroxyl groups excluding tert-OH is 1. The number of nitro benzene ring substituents is 1. The van der Waals surface area contributed by atoms with Crippen molar-refractivity contribution in [3.05, 3.63) is 33.9 Å². The van der Waals surface area contributed by atoms with E-state index in [1.165, 1.54) is 6.07 Å². The summed E-state index contributed by atoms with van der Waals surface area (Å²) in [6.45, 7) is 1.70. The van der Waals surface area contributed by atoms with Crippen molar-refractivity contribution in [1.82, 2.24) is 0 Å². The quantitative estimate of drug-likeness (QED) is 0.507. The SMILES string of the molecule is O=Cc1cc(N2CCCC(CO)C2)ccc1[N+](=O)[O-]. The Morgan fingerprint density at radius 1 is 1.53 bits per heavy atom. The van der Waals surface area contributed by atoms with Gasteiger partial charge in [0.15, 0.2) is 6.29 Å². The number of hydrogen-bond donors (Lipinski definition) is 1. The first-order valence-corrected chi connectivity index (χ1v) is 6.25. The molecule has 0 spiro atoms. The van der Waals surface area contributed by atoms with Crippen molar-refractivity contribution in [3.63, 3.8) is 0 Å². The standard InChI is InChI=1S/C13H16N2O4/c16-8-10-2-1-5-14(7-10)12-3-4-13(15(18)19)11(6-12)9-17/h3-4,6,9-10,16H,1-2,5,7-8H2. The second-order valence-electron chi connectivity index (χ2n) is 4.75. The van der Waals surface area contributed by atoms with E-state index in [2.05, 4.69) is 4.90 Å². The molecular weight excluding hydrogens is 248 g/mol. The van der Waals surface area contributed by atoms with Crippen molar-refractivity contribution in [2.75, 3.05) is 24.6 Å². The van der Waals surface area contributed by atoms with Gasteiger partial charge in [0.05, 0.1) is 10.5 Å². The summed E-state index contributed by atoms with van der Waals surface area (Å²) in [6, 6.07) is 4.57. The van der Waals surface area contributed by atoms with E-state index < -0.39 is 4.92 Å². The second-order valence-corrected chi connectivity index (χ2v) is 4.75. The van der Waals surface area contributed by atoms with Crippen LogP contribution in [0.2, 0.25) is 0 Å². The molecule has 1 aromatic rings. The van der Waals surface area contributed by atoms with E-state index in [-0.39, 0.29) is 23.8 Å². The van der Waals surface area contributed by atoms with Crippen LogP contribution in [-0.4, -0.2) is 36.0 Å². The minimum Gasteiger partial charge on any atom is -0.396 e.